The standard InChI is InChI=1S/C15H18F3N3O/c1-8-20-12-6-9(7-19-11-3-2-4-13(11)22)5-10(14(12)21-8)15(16,17)18/h5-6,11,13,19,22H,2-4,7H2,1H3,(H,20,21)/t11-,13+/m0/s1. The van der Waals surface area contributed by atoms with Crippen LogP contribution in [0.3, 0.4) is 0 Å². The van der Waals surface area contributed by atoms with Gasteiger partial charge in [-0.05, 0) is 43.9 Å². The molecule has 0 bridgehead atoms. The van der Waals surface area contributed by atoms with Gasteiger partial charge in [0.2, 0.25) is 0 Å². The van der Waals surface area contributed by atoms with Gasteiger partial charge in [-0.3, -0.25) is 0 Å². The van der Waals surface area contributed by atoms with Crippen LogP contribution in [0.2, 0.25) is 0 Å². The molecule has 1 aromatic heterocycles. The van der Waals surface area contributed by atoms with Crippen LogP contribution >= 0.6 is 0 Å². The molecule has 7 heteroatoms. The lowest BCUT2D eigenvalue weighted by molar-refractivity contribution is -0.136. The molecule has 0 radical (unpaired) electrons. The van der Waals surface area contributed by atoms with Crippen LogP contribution in [-0.2, 0) is 12.7 Å². The summed E-state index contributed by atoms with van der Waals surface area (Å²) in [6.45, 7) is 1.92. The van der Waals surface area contributed by atoms with Crippen LogP contribution < -0.4 is 5.32 Å². The predicted octanol–water partition coefficient (Wildman–Crippen LogP) is 2.89. The lowest BCUT2D eigenvalue weighted by atomic mass is 10.1. The zero-order valence-electron chi connectivity index (χ0n) is 12.2. The van der Waals surface area contributed by atoms with Gasteiger partial charge < -0.3 is 15.4 Å². The summed E-state index contributed by atoms with van der Waals surface area (Å²) in [5, 5.41) is 12.9. The number of hydrogen-bond acceptors (Lipinski definition) is 3. The highest BCUT2D eigenvalue weighted by Crippen LogP contribution is 2.35. The maximum atomic E-state index is 13.2. The van der Waals surface area contributed by atoms with E-state index >= 15 is 0 Å². The minimum Gasteiger partial charge on any atom is -0.392 e. The first-order valence-corrected chi connectivity index (χ1v) is 7.32. The number of hydrogen-bond donors (Lipinski definition) is 3. The van der Waals surface area contributed by atoms with Gasteiger partial charge in [-0.25, -0.2) is 4.98 Å². The first-order chi connectivity index (χ1) is 10.3. The fourth-order valence-corrected chi connectivity index (χ4v) is 3.05. The van der Waals surface area contributed by atoms with Gasteiger partial charge in [0, 0.05) is 12.6 Å². The average molecular weight is 313 g/mol. The molecule has 3 N–H and O–H groups in total. The number of aromatic amines is 1. The largest absolute Gasteiger partial charge is 0.418 e. The Morgan fingerprint density at radius 2 is 2.14 bits per heavy atom. The number of imidazole rings is 1. The van der Waals surface area contributed by atoms with Gasteiger partial charge in [0.15, 0.2) is 0 Å². The van der Waals surface area contributed by atoms with Crippen molar-refractivity contribution in [2.75, 3.05) is 0 Å². The second-order valence-corrected chi connectivity index (χ2v) is 5.84. The molecular formula is C15H18F3N3O. The molecule has 1 fully saturated rings. The van der Waals surface area contributed by atoms with Crippen LogP contribution in [0.5, 0.6) is 0 Å². The number of aromatic nitrogens is 2. The summed E-state index contributed by atoms with van der Waals surface area (Å²) in [4.78, 5) is 6.78. The molecule has 3 rings (SSSR count). The molecular weight excluding hydrogens is 295 g/mol. The number of aryl methyl sites for hydroxylation is 1. The molecule has 0 spiro atoms. The Morgan fingerprint density at radius 3 is 2.77 bits per heavy atom. The van der Waals surface area contributed by atoms with Crippen LogP contribution in [-0.4, -0.2) is 27.2 Å². The van der Waals surface area contributed by atoms with Crippen molar-refractivity contribution in [3.05, 3.63) is 29.1 Å². The summed E-state index contributed by atoms with van der Waals surface area (Å²) >= 11 is 0. The number of fused-ring (bicyclic) bond motifs is 1. The van der Waals surface area contributed by atoms with E-state index in [4.69, 9.17) is 0 Å². The Kier molecular flexibility index (Phi) is 3.86. The van der Waals surface area contributed by atoms with Crippen molar-refractivity contribution in [1.82, 2.24) is 15.3 Å². The van der Waals surface area contributed by atoms with E-state index in [-0.39, 0.29) is 18.1 Å². The maximum Gasteiger partial charge on any atom is 0.418 e. The third kappa shape index (κ3) is 2.96. The van der Waals surface area contributed by atoms with Crippen molar-refractivity contribution >= 4 is 11.0 Å². The summed E-state index contributed by atoms with van der Waals surface area (Å²) in [6, 6.07) is 2.75. The third-order valence-electron chi connectivity index (χ3n) is 4.12. The Labute approximate surface area is 125 Å². The van der Waals surface area contributed by atoms with E-state index < -0.39 is 17.8 Å². The second-order valence-electron chi connectivity index (χ2n) is 5.84. The molecule has 0 unspecified atom stereocenters. The number of nitrogens with one attached hydrogen (secondary N) is 2. The monoisotopic (exact) mass is 313 g/mol. The number of H-pyrrole nitrogens is 1. The Bertz CT molecular complexity index is 680. The van der Waals surface area contributed by atoms with Gasteiger partial charge in [-0.1, -0.05) is 0 Å². The molecule has 1 heterocycles. The minimum atomic E-state index is -4.43. The zero-order valence-corrected chi connectivity index (χ0v) is 12.2. The van der Waals surface area contributed by atoms with E-state index in [9.17, 15) is 18.3 Å². The van der Waals surface area contributed by atoms with Crippen molar-refractivity contribution in [3.63, 3.8) is 0 Å². The van der Waals surface area contributed by atoms with E-state index in [1.165, 1.54) is 0 Å². The number of benzene rings is 1. The molecule has 120 valence electrons. The van der Waals surface area contributed by atoms with Gasteiger partial charge in [-0.2, -0.15) is 13.2 Å². The Morgan fingerprint density at radius 1 is 1.36 bits per heavy atom. The van der Waals surface area contributed by atoms with Crippen LogP contribution in [0, 0.1) is 6.92 Å². The quantitative estimate of drug-likeness (QED) is 0.816. The number of nitrogens with zero attached hydrogens (tertiary/aromatic N) is 1. The molecule has 1 aliphatic rings. The predicted molar refractivity (Wildman–Crippen MR) is 76.3 cm³/mol. The van der Waals surface area contributed by atoms with E-state index in [1.54, 1.807) is 13.0 Å². The van der Waals surface area contributed by atoms with Gasteiger partial charge in [-0.15, -0.1) is 0 Å². The number of aliphatic hydroxyl groups excluding tert-OH is 1. The summed E-state index contributed by atoms with van der Waals surface area (Å²) < 4.78 is 39.6. The Balaban J connectivity index is 1.89. The van der Waals surface area contributed by atoms with Crippen LogP contribution in [0.25, 0.3) is 11.0 Å². The summed E-state index contributed by atoms with van der Waals surface area (Å²) in [7, 11) is 0. The molecule has 4 nitrogen and oxygen atoms in total. The van der Waals surface area contributed by atoms with E-state index in [2.05, 4.69) is 15.3 Å². The highest BCUT2D eigenvalue weighted by molar-refractivity contribution is 5.80. The van der Waals surface area contributed by atoms with Crippen molar-refractivity contribution in [3.8, 4) is 0 Å². The van der Waals surface area contributed by atoms with Gasteiger partial charge in [0.05, 0.1) is 22.7 Å². The van der Waals surface area contributed by atoms with Crippen LogP contribution in [0.15, 0.2) is 12.1 Å². The number of alkyl halides is 3. The zero-order chi connectivity index (χ0) is 15.9. The minimum absolute atomic E-state index is 0.0228. The van der Waals surface area contributed by atoms with Crippen LogP contribution in [0.1, 0.15) is 36.2 Å². The normalized spacial score (nSPS) is 22.6. The van der Waals surface area contributed by atoms with Crippen molar-refractivity contribution in [2.24, 2.45) is 0 Å². The lowest BCUT2D eigenvalue weighted by Gasteiger charge is -2.17. The Hall–Kier alpha value is -1.60. The molecule has 1 saturated carbocycles. The topological polar surface area (TPSA) is 60.9 Å². The number of halogens is 3. The van der Waals surface area contributed by atoms with E-state index in [0.29, 0.717) is 16.9 Å². The second kappa shape index (κ2) is 5.55. The molecule has 1 aromatic carbocycles. The first-order valence-electron chi connectivity index (χ1n) is 7.32. The molecule has 1 aliphatic carbocycles. The first kappa shape index (κ1) is 15.3. The van der Waals surface area contributed by atoms with Gasteiger partial charge in [0.1, 0.15) is 5.82 Å². The highest BCUT2D eigenvalue weighted by Gasteiger charge is 2.34. The molecule has 0 amide bonds. The van der Waals surface area contributed by atoms with E-state index in [1.807, 2.05) is 0 Å². The molecule has 0 aliphatic heterocycles. The SMILES string of the molecule is Cc1nc2cc(CN[C@H]3CCC[C@H]3O)cc(C(F)(F)F)c2[nH]1. The number of rotatable bonds is 3. The molecule has 2 atom stereocenters. The third-order valence-corrected chi connectivity index (χ3v) is 4.12. The van der Waals surface area contributed by atoms with E-state index in [0.717, 1.165) is 25.3 Å². The maximum absolute atomic E-state index is 13.2. The van der Waals surface area contributed by atoms with Crippen molar-refractivity contribution in [2.45, 2.75) is 51.1 Å². The van der Waals surface area contributed by atoms with Gasteiger partial charge >= 0.3 is 6.18 Å². The van der Waals surface area contributed by atoms with Crippen molar-refractivity contribution in [1.29, 1.82) is 0 Å². The fraction of sp³-hybridized carbons (Fsp3) is 0.533. The average Bonchev–Trinajstić information content (AvgIpc) is 2.98. The highest BCUT2D eigenvalue weighted by atomic mass is 19.4. The molecule has 2 aromatic rings. The summed E-state index contributed by atoms with van der Waals surface area (Å²) in [5.41, 5.74) is 0.158. The summed E-state index contributed by atoms with van der Waals surface area (Å²) in [5.74, 6) is 0.455. The lowest BCUT2D eigenvalue weighted by Crippen LogP contribution is -2.35. The van der Waals surface area contributed by atoms with Crippen molar-refractivity contribution < 1.29 is 18.3 Å². The van der Waals surface area contributed by atoms with Crippen LogP contribution in [0.4, 0.5) is 13.2 Å². The molecule has 22 heavy (non-hydrogen) atoms. The smallest absolute Gasteiger partial charge is 0.392 e. The number of aliphatic hydroxyl groups is 1. The summed E-state index contributed by atoms with van der Waals surface area (Å²) in [6.07, 6.45) is -2.33. The fourth-order valence-electron chi connectivity index (χ4n) is 3.05. The molecule has 0 saturated heterocycles. The van der Waals surface area contributed by atoms with Gasteiger partial charge in [0.25, 0.3) is 0 Å².